The van der Waals surface area contributed by atoms with Crippen LogP contribution < -0.4 is 5.32 Å². The van der Waals surface area contributed by atoms with Gasteiger partial charge in [-0.3, -0.25) is 0 Å². The quantitative estimate of drug-likeness (QED) is 0.820. The normalized spacial score (nSPS) is 12.2. The minimum Gasteiger partial charge on any atom is -0.335 e. The monoisotopic (exact) mass is 224 g/mol. The van der Waals surface area contributed by atoms with Crippen LogP contribution in [0.3, 0.4) is 0 Å². The molecule has 0 fully saturated rings. The van der Waals surface area contributed by atoms with Crippen LogP contribution in [0.2, 0.25) is 0 Å². The van der Waals surface area contributed by atoms with Gasteiger partial charge in [-0.15, -0.1) is 0 Å². The second kappa shape index (κ2) is 6.15. The average Bonchev–Trinajstić information content (AvgIpc) is 2.71. The fourth-order valence-electron chi connectivity index (χ4n) is 1.57. The van der Waals surface area contributed by atoms with E-state index in [9.17, 15) is 4.79 Å². The molecule has 1 unspecified atom stereocenters. The van der Waals surface area contributed by atoms with Crippen LogP contribution in [0, 0.1) is 0 Å². The molecule has 0 aliphatic carbocycles. The van der Waals surface area contributed by atoms with Crippen LogP contribution in [-0.2, 0) is 6.54 Å². The Kier molecular flexibility index (Phi) is 4.82. The van der Waals surface area contributed by atoms with Crippen LogP contribution >= 0.6 is 0 Å². The molecule has 0 bridgehead atoms. The third-order valence-electron chi connectivity index (χ3n) is 2.46. The smallest absolute Gasteiger partial charge is 0.317 e. The number of nitrogens with one attached hydrogen (secondary N) is 1. The van der Waals surface area contributed by atoms with E-state index in [1.807, 2.05) is 31.5 Å². The second-order valence-electron chi connectivity index (χ2n) is 3.78. The molecule has 0 aliphatic heterocycles. The zero-order valence-corrected chi connectivity index (χ0v) is 10.2. The Hall–Kier alpha value is -1.52. The molecule has 5 heteroatoms. The molecule has 5 nitrogen and oxygen atoms in total. The summed E-state index contributed by atoms with van der Waals surface area (Å²) in [4.78, 5) is 17.5. The van der Waals surface area contributed by atoms with Gasteiger partial charge in [0.05, 0.1) is 6.33 Å². The molecule has 0 saturated heterocycles. The zero-order chi connectivity index (χ0) is 12.0. The SMILES string of the molecule is CCN(CC)C(=O)NC(C)Cn1ccnc1. The lowest BCUT2D eigenvalue weighted by Gasteiger charge is -2.22. The fraction of sp³-hybridized carbons (Fsp3) is 0.636. The lowest BCUT2D eigenvalue weighted by atomic mass is 10.3. The predicted octanol–water partition coefficient (Wildman–Crippen LogP) is 1.32. The first-order valence-corrected chi connectivity index (χ1v) is 5.68. The minimum atomic E-state index is -0.00221. The average molecular weight is 224 g/mol. The number of imidazole rings is 1. The number of carbonyl (C=O) groups is 1. The summed E-state index contributed by atoms with van der Waals surface area (Å²) >= 11 is 0. The molecule has 0 spiro atoms. The van der Waals surface area contributed by atoms with Gasteiger partial charge in [0.25, 0.3) is 0 Å². The Labute approximate surface area is 96.5 Å². The maximum Gasteiger partial charge on any atom is 0.317 e. The summed E-state index contributed by atoms with van der Waals surface area (Å²) < 4.78 is 1.95. The molecule has 0 radical (unpaired) electrons. The molecule has 1 rings (SSSR count). The molecule has 16 heavy (non-hydrogen) atoms. The molecule has 0 aliphatic rings. The Morgan fingerprint density at radius 1 is 1.50 bits per heavy atom. The van der Waals surface area contributed by atoms with Crippen molar-refractivity contribution in [3.8, 4) is 0 Å². The number of hydrogen-bond donors (Lipinski definition) is 1. The molecule has 1 N–H and O–H groups in total. The van der Waals surface area contributed by atoms with Gasteiger partial charge in [-0.25, -0.2) is 9.78 Å². The van der Waals surface area contributed by atoms with E-state index in [4.69, 9.17) is 0 Å². The van der Waals surface area contributed by atoms with Crippen molar-refractivity contribution in [1.29, 1.82) is 0 Å². The minimum absolute atomic E-state index is 0.00221. The first-order chi connectivity index (χ1) is 7.67. The van der Waals surface area contributed by atoms with Gasteiger partial charge in [-0.1, -0.05) is 0 Å². The van der Waals surface area contributed by atoms with E-state index in [-0.39, 0.29) is 12.1 Å². The highest BCUT2D eigenvalue weighted by Crippen LogP contribution is 1.94. The maximum absolute atomic E-state index is 11.7. The van der Waals surface area contributed by atoms with Crippen LogP contribution in [0.1, 0.15) is 20.8 Å². The van der Waals surface area contributed by atoms with Gasteiger partial charge < -0.3 is 14.8 Å². The summed E-state index contributed by atoms with van der Waals surface area (Å²) in [6, 6.07) is 0.0971. The van der Waals surface area contributed by atoms with Crippen LogP contribution in [0.5, 0.6) is 0 Å². The maximum atomic E-state index is 11.7. The molecule has 2 amide bonds. The molecule has 1 heterocycles. The summed E-state index contributed by atoms with van der Waals surface area (Å²) in [7, 11) is 0. The molecular weight excluding hydrogens is 204 g/mol. The Balaban J connectivity index is 2.39. The third-order valence-corrected chi connectivity index (χ3v) is 2.46. The van der Waals surface area contributed by atoms with E-state index >= 15 is 0 Å². The highest BCUT2D eigenvalue weighted by atomic mass is 16.2. The van der Waals surface area contributed by atoms with Gasteiger partial charge in [-0.2, -0.15) is 0 Å². The second-order valence-corrected chi connectivity index (χ2v) is 3.78. The third kappa shape index (κ3) is 3.56. The summed E-state index contributed by atoms with van der Waals surface area (Å²) in [5, 5.41) is 2.96. The molecule has 90 valence electrons. The van der Waals surface area contributed by atoms with Crippen LogP contribution in [-0.4, -0.2) is 39.6 Å². The summed E-state index contributed by atoms with van der Waals surface area (Å²) in [6.45, 7) is 8.15. The van der Waals surface area contributed by atoms with Crippen LogP contribution in [0.15, 0.2) is 18.7 Å². The van der Waals surface area contributed by atoms with Gasteiger partial charge in [0.2, 0.25) is 0 Å². The van der Waals surface area contributed by atoms with Gasteiger partial charge >= 0.3 is 6.03 Å². The first kappa shape index (κ1) is 12.5. The van der Waals surface area contributed by atoms with E-state index in [0.717, 1.165) is 19.6 Å². The number of carbonyl (C=O) groups excluding carboxylic acids is 1. The number of urea groups is 1. The standard InChI is InChI=1S/C11H20N4O/c1-4-15(5-2)11(16)13-10(3)8-14-7-6-12-9-14/h6-7,9-10H,4-5,8H2,1-3H3,(H,13,16). The topological polar surface area (TPSA) is 50.2 Å². The molecule has 0 saturated carbocycles. The van der Waals surface area contributed by atoms with Crippen molar-refractivity contribution in [1.82, 2.24) is 19.8 Å². The van der Waals surface area contributed by atoms with E-state index in [0.29, 0.717) is 0 Å². The van der Waals surface area contributed by atoms with E-state index in [2.05, 4.69) is 10.3 Å². The molecule has 1 atom stereocenters. The van der Waals surface area contributed by atoms with Crippen molar-refractivity contribution in [3.63, 3.8) is 0 Å². The Morgan fingerprint density at radius 3 is 2.69 bits per heavy atom. The van der Waals surface area contributed by atoms with E-state index in [1.165, 1.54) is 0 Å². The van der Waals surface area contributed by atoms with Crippen molar-refractivity contribution >= 4 is 6.03 Å². The van der Waals surface area contributed by atoms with Gasteiger partial charge in [0.1, 0.15) is 0 Å². The van der Waals surface area contributed by atoms with Crippen LogP contribution in [0.25, 0.3) is 0 Å². The fourth-order valence-corrected chi connectivity index (χ4v) is 1.57. The lowest BCUT2D eigenvalue weighted by molar-refractivity contribution is 0.198. The zero-order valence-electron chi connectivity index (χ0n) is 10.2. The number of hydrogen-bond acceptors (Lipinski definition) is 2. The summed E-state index contributed by atoms with van der Waals surface area (Å²) in [6.07, 6.45) is 5.37. The molecule has 1 aromatic heterocycles. The Bertz CT molecular complexity index is 306. The van der Waals surface area contributed by atoms with Crippen molar-refractivity contribution in [2.24, 2.45) is 0 Å². The molecule has 0 aromatic carbocycles. The van der Waals surface area contributed by atoms with E-state index in [1.54, 1.807) is 17.4 Å². The van der Waals surface area contributed by atoms with Crippen molar-refractivity contribution in [2.45, 2.75) is 33.4 Å². The van der Waals surface area contributed by atoms with Gasteiger partial charge in [-0.05, 0) is 20.8 Å². The van der Waals surface area contributed by atoms with Crippen molar-refractivity contribution < 1.29 is 4.79 Å². The number of nitrogens with zero attached hydrogens (tertiary/aromatic N) is 3. The molecule has 1 aromatic rings. The largest absolute Gasteiger partial charge is 0.335 e. The lowest BCUT2D eigenvalue weighted by Crippen LogP contribution is -2.44. The van der Waals surface area contributed by atoms with Gasteiger partial charge in [0, 0.05) is 38.1 Å². The highest BCUT2D eigenvalue weighted by Gasteiger charge is 2.12. The highest BCUT2D eigenvalue weighted by molar-refractivity contribution is 5.74. The summed E-state index contributed by atoms with van der Waals surface area (Å²) in [5.74, 6) is 0. The molecular formula is C11H20N4O. The number of rotatable bonds is 5. The van der Waals surface area contributed by atoms with E-state index < -0.39 is 0 Å². The summed E-state index contributed by atoms with van der Waals surface area (Å²) in [5.41, 5.74) is 0. The van der Waals surface area contributed by atoms with Crippen LogP contribution in [0.4, 0.5) is 4.79 Å². The van der Waals surface area contributed by atoms with Crippen molar-refractivity contribution in [2.75, 3.05) is 13.1 Å². The number of amides is 2. The van der Waals surface area contributed by atoms with Crippen molar-refractivity contribution in [3.05, 3.63) is 18.7 Å². The predicted molar refractivity (Wildman–Crippen MR) is 63.1 cm³/mol. The number of aromatic nitrogens is 2. The first-order valence-electron chi connectivity index (χ1n) is 5.68. The van der Waals surface area contributed by atoms with Gasteiger partial charge in [0.15, 0.2) is 0 Å². The Morgan fingerprint density at radius 2 is 2.19 bits per heavy atom.